The molecule has 0 spiro atoms. The summed E-state index contributed by atoms with van der Waals surface area (Å²) in [4.78, 5) is 0. The lowest BCUT2D eigenvalue weighted by molar-refractivity contribution is 0.0953. The second kappa shape index (κ2) is 7.77. The zero-order valence-corrected chi connectivity index (χ0v) is 15.9. The van der Waals surface area contributed by atoms with Crippen molar-refractivity contribution >= 4 is 11.8 Å². The van der Waals surface area contributed by atoms with Crippen molar-refractivity contribution in [3.05, 3.63) is 41.9 Å². The molecule has 0 radical (unpaired) electrons. The zero-order chi connectivity index (χ0) is 18.8. The van der Waals surface area contributed by atoms with Crippen molar-refractivity contribution in [1.29, 1.82) is 0 Å². The van der Waals surface area contributed by atoms with E-state index < -0.39 is 0 Å². The van der Waals surface area contributed by atoms with Crippen LogP contribution in [0, 0.1) is 12.7 Å². The highest BCUT2D eigenvalue weighted by Crippen LogP contribution is 2.35. The normalized spacial score (nSPS) is 18.1. The predicted molar refractivity (Wildman–Crippen MR) is 97.7 cm³/mol. The molecule has 4 rings (SSSR count). The number of rotatable bonds is 6. The maximum atomic E-state index is 13.3. The van der Waals surface area contributed by atoms with Crippen LogP contribution in [0.4, 0.5) is 4.39 Å². The SMILES string of the molecule is Cc1nnc([C@H](C)Sc2nnc(-c3ccc(F)cc3)n2C[C@H]2CCCO2)o1. The molecule has 27 heavy (non-hydrogen) atoms. The van der Waals surface area contributed by atoms with Gasteiger partial charge in [0.15, 0.2) is 11.0 Å². The van der Waals surface area contributed by atoms with E-state index in [9.17, 15) is 4.39 Å². The van der Waals surface area contributed by atoms with Crippen LogP contribution in [0.25, 0.3) is 11.4 Å². The Morgan fingerprint density at radius 2 is 2.04 bits per heavy atom. The van der Waals surface area contributed by atoms with E-state index in [1.165, 1.54) is 23.9 Å². The standard InChI is InChI=1S/C18H20FN5O2S/c1-11(17-22-20-12(2)26-17)27-18-23-21-16(13-5-7-14(19)8-6-13)24(18)10-15-4-3-9-25-15/h5-8,11,15H,3-4,9-10H2,1-2H3/t11-,15+/m0/s1. The Balaban J connectivity index is 1.64. The summed E-state index contributed by atoms with van der Waals surface area (Å²) in [5.41, 5.74) is 0.815. The maximum absolute atomic E-state index is 13.3. The van der Waals surface area contributed by atoms with Gasteiger partial charge in [-0.05, 0) is 44.0 Å². The average molecular weight is 389 g/mol. The number of nitrogens with zero attached hydrogens (tertiary/aromatic N) is 5. The van der Waals surface area contributed by atoms with E-state index in [-0.39, 0.29) is 17.2 Å². The first kappa shape index (κ1) is 18.1. The minimum atomic E-state index is -0.279. The van der Waals surface area contributed by atoms with E-state index in [0.717, 1.165) is 30.2 Å². The number of benzene rings is 1. The lowest BCUT2D eigenvalue weighted by atomic mass is 10.2. The third kappa shape index (κ3) is 4.03. The van der Waals surface area contributed by atoms with Crippen LogP contribution in [0.15, 0.2) is 33.8 Å². The van der Waals surface area contributed by atoms with Crippen molar-refractivity contribution in [2.24, 2.45) is 0 Å². The Kier molecular flexibility index (Phi) is 5.22. The van der Waals surface area contributed by atoms with Crippen LogP contribution < -0.4 is 0 Å². The molecule has 1 aromatic carbocycles. The molecule has 0 bridgehead atoms. The number of aryl methyl sites for hydroxylation is 1. The Morgan fingerprint density at radius 3 is 2.70 bits per heavy atom. The summed E-state index contributed by atoms with van der Waals surface area (Å²) in [6.45, 7) is 5.18. The molecule has 0 N–H and O–H groups in total. The van der Waals surface area contributed by atoms with Crippen LogP contribution in [-0.4, -0.2) is 37.7 Å². The van der Waals surface area contributed by atoms with Crippen LogP contribution in [0.1, 0.15) is 36.8 Å². The van der Waals surface area contributed by atoms with E-state index in [0.29, 0.717) is 24.2 Å². The second-order valence-electron chi connectivity index (χ2n) is 6.48. The van der Waals surface area contributed by atoms with E-state index in [4.69, 9.17) is 9.15 Å². The lowest BCUT2D eigenvalue weighted by Gasteiger charge is -2.15. The summed E-state index contributed by atoms with van der Waals surface area (Å²) < 4.78 is 26.7. The molecule has 0 unspecified atom stereocenters. The largest absolute Gasteiger partial charge is 0.424 e. The highest BCUT2D eigenvalue weighted by Gasteiger charge is 2.24. The highest BCUT2D eigenvalue weighted by atomic mass is 32.2. The molecule has 1 aliphatic heterocycles. The third-order valence-corrected chi connectivity index (χ3v) is 5.47. The van der Waals surface area contributed by atoms with Gasteiger partial charge in [-0.2, -0.15) is 0 Å². The van der Waals surface area contributed by atoms with Gasteiger partial charge in [-0.15, -0.1) is 20.4 Å². The number of aromatic nitrogens is 5. The monoisotopic (exact) mass is 389 g/mol. The van der Waals surface area contributed by atoms with Gasteiger partial charge in [0.05, 0.1) is 17.9 Å². The van der Waals surface area contributed by atoms with Crippen molar-refractivity contribution in [3.8, 4) is 11.4 Å². The molecular formula is C18H20FN5O2S. The molecule has 2 aromatic heterocycles. The molecule has 1 aliphatic rings. The number of thioether (sulfide) groups is 1. The molecule has 0 saturated carbocycles. The first-order valence-corrected chi connectivity index (χ1v) is 9.75. The van der Waals surface area contributed by atoms with Gasteiger partial charge in [0.1, 0.15) is 5.82 Å². The highest BCUT2D eigenvalue weighted by molar-refractivity contribution is 7.99. The summed E-state index contributed by atoms with van der Waals surface area (Å²) in [6, 6.07) is 6.28. The fourth-order valence-corrected chi connectivity index (χ4v) is 3.92. The minimum Gasteiger partial charge on any atom is -0.424 e. The summed E-state index contributed by atoms with van der Waals surface area (Å²) in [6.07, 6.45) is 2.18. The van der Waals surface area contributed by atoms with E-state index in [2.05, 4.69) is 20.4 Å². The molecule has 0 amide bonds. The Morgan fingerprint density at radius 1 is 1.22 bits per heavy atom. The molecule has 2 atom stereocenters. The van der Waals surface area contributed by atoms with Gasteiger partial charge in [0, 0.05) is 19.1 Å². The van der Waals surface area contributed by atoms with Crippen LogP contribution >= 0.6 is 11.8 Å². The maximum Gasteiger partial charge on any atom is 0.229 e. The second-order valence-corrected chi connectivity index (χ2v) is 7.79. The van der Waals surface area contributed by atoms with Crippen LogP contribution in [0.2, 0.25) is 0 Å². The molecular weight excluding hydrogens is 369 g/mol. The van der Waals surface area contributed by atoms with Crippen LogP contribution in [-0.2, 0) is 11.3 Å². The molecule has 142 valence electrons. The van der Waals surface area contributed by atoms with Crippen molar-refractivity contribution in [2.75, 3.05) is 6.61 Å². The van der Waals surface area contributed by atoms with Crippen molar-refractivity contribution in [1.82, 2.24) is 25.0 Å². The van der Waals surface area contributed by atoms with Gasteiger partial charge in [0.25, 0.3) is 0 Å². The lowest BCUT2D eigenvalue weighted by Crippen LogP contribution is -2.16. The molecule has 1 fully saturated rings. The molecule has 0 aliphatic carbocycles. The number of halogens is 1. The molecule has 7 nitrogen and oxygen atoms in total. The summed E-state index contributed by atoms with van der Waals surface area (Å²) in [5.74, 6) is 1.50. The first-order chi connectivity index (χ1) is 13.1. The molecule has 3 heterocycles. The van der Waals surface area contributed by atoms with Crippen LogP contribution in [0.5, 0.6) is 0 Å². The van der Waals surface area contributed by atoms with Gasteiger partial charge in [0.2, 0.25) is 11.8 Å². The fraction of sp³-hybridized carbons (Fsp3) is 0.444. The number of ether oxygens (including phenoxy) is 1. The topological polar surface area (TPSA) is 78.9 Å². The summed E-state index contributed by atoms with van der Waals surface area (Å²) in [7, 11) is 0. The molecule has 3 aromatic rings. The van der Waals surface area contributed by atoms with Gasteiger partial charge < -0.3 is 9.15 Å². The van der Waals surface area contributed by atoms with Gasteiger partial charge in [-0.3, -0.25) is 4.57 Å². The first-order valence-electron chi connectivity index (χ1n) is 8.87. The van der Waals surface area contributed by atoms with Gasteiger partial charge in [-0.25, -0.2) is 4.39 Å². The van der Waals surface area contributed by atoms with Gasteiger partial charge >= 0.3 is 0 Å². The smallest absolute Gasteiger partial charge is 0.229 e. The van der Waals surface area contributed by atoms with Crippen molar-refractivity contribution in [2.45, 2.75) is 49.7 Å². The van der Waals surface area contributed by atoms with Gasteiger partial charge in [-0.1, -0.05) is 11.8 Å². The minimum absolute atomic E-state index is 0.0697. The van der Waals surface area contributed by atoms with Crippen molar-refractivity contribution in [3.63, 3.8) is 0 Å². The predicted octanol–water partition coefficient (Wildman–Crippen LogP) is 3.81. The number of hydrogen-bond acceptors (Lipinski definition) is 7. The summed E-state index contributed by atoms with van der Waals surface area (Å²) in [5, 5.41) is 17.4. The van der Waals surface area contributed by atoms with Crippen LogP contribution in [0.3, 0.4) is 0 Å². The van der Waals surface area contributed by atoms with Crippen molar-refractivity contribution < 1.29 is 13.5 Å². The average Bonchev–Trinajstić information content (AvgIpc) is 3.39. The summed E-state index contributed by atoms with van der Waals surface area (Å²) >= 11 is 1.50. The zero-order valence-electron chi connectivity index (χ0n) is 15.1. The van der Waals surface area contributed by atoms with E-state index >= 15 is 0 Å². The fourth-order valence-electron chi connectivity index (χ4n) is 3.03. The molecule has 1 saturated heterocycles. The quantitative estimate of drug-likeness (QED) is 0.593. The Labute approximate surface area is 160 Å². The Bertz CT molecular complexity index is 905. The van der Waals surface area contributed by atoms with E-state index in [1.54, 1.807) is 19.1 Å². The Hall–Kier alpha value is -2.26. The molecule has 9 heteroatoms. The van der Waals surface area contributed by atoms with E-state index in [1.807, 2.05) is 11.5 Å². The third-order valence-electron chi connectivity index (χ3n) is 4.40. The number of hydrogen-bond donors (Lipinski definition) is 0.